The Morgan fingerprint density at radius 2 is 1.15 bits per heavy atom. The fraction of sp³-hybridized carbons (Fsp3) is 0. The van der Waals surface area contributed by atoms with E-state index in [2.05, 4.69) is 17.9 Å². The van der Waals surface area contributed by atoms with Gasteiger partial charge in [-0.15, -0.1) is 0 Å². The van der Waals surface area contributed by atoms with Crippen molar-refractivity contribution < 1.29 is 11.6 Å². The first-order valence-corrected chi connectivity index (χ1v) is 10.3. The lowest BCUT2D eigenvalue weighted by Crippen LogP contribution is -1.56. The van der Waals surface area contributed by atoms with E-state index in [0.29, 0.717) is 27.6 Å². The van der Waals surface area contributed by atoms with E-state index < -0.39 is 0 Å². The molecule has 2 atom stereocenters. The highest BCUT2D eigenvalue weighted by Crippen LogP contribution is 2.03. The molecule has 0 amide bonds. The lowest BCUT2D eigenvalue weighted by molar-refractivity contribution is 0.475. The molecule has 0 spiro atoms. The molecular formula is C12H20N2O2P4+2. The molecule has 2 unspecified atom stereocenters. The van der Waals surface area contributed by atoms with Crippen LogP contribution in [0, 0.1) is 10.3 Å². The first-order chi connectivity index (χ1) is 9.62. The summed E-state index contributed by atoms with van der Waals surface area (Å²) in [5.41, 5.74) is 0. The average Bonchev–Trinajstić information content (AvgIpc) is 2.43. The van der Waals surface area contributed by atoms with Gasteiger partial charge in [-0.05, 0) is 12.1 Å². The minimum atomic E-state index is 0. The molecule has 0 aliphatic heterocycles. The predicted octanol–water partition coefficient (Wildman–Crippen LogP) is 5.60. The molecule has 0 aromatic heterocycles. The molecule has 0 fully saturated rings. The van der Waals surface area contributed by atoms with Crippen molar-refractivity contribution in [3.63, 3.8) is 0 Å². The van der Waals surface area contributed by atoms with E-state index in [-0.39, 0.29) is 1.43 Å². The van der Waals surface area contributed by atoms with Gasteiger partial charge in [-0.3, -0.25) is 10.3 Å². The highest BCUT2D eigenvalue weighted by molar-refractivity contribution is 7.96. The number of phenols is 1. The summed E-state index contributed by atoms with van der Waals surface area (Å²) in [5.74, 6) is 0.894. The highest BCUT2D eigenvalue weighted by Gasteiger charge is 1.80. The lowest BCUT2D eigenvalue weighted by Gasteiger charge is -1.82. The second kappa shape index (κ2) is 18.1. The van der Waals surface area contributed by atoms with Gasteiger partial charge in [-0.1, -0.05) is 54.3 Å². The first kappa shape index (κ1) is 21.4. The van der Waals surface area contributed by atoms with Crippen LogP contribution in [0.2, 0.25) is 0 Å². The van der Waals surface area contributed by atoms with Crippen LogP contribution in [-0.4, -0.2) is 10.2 Å². The van der Waals surface area contributed by atoms with Crippen LogP contribution in [0.3, 0.4) is 0 Å². The maximum Gasteiger partial charge on any atom is 1.00 e. The van der Waals surface area contributed by atoms with E-state index in [9.17, 15) is 0 Å². The van der Waals surface area contributed by atoms with E-state index in [1.807, 2.05) is 24.3 Å². The van der Waals surface area contributed by atoms with Crippen molar-refractivity contribution >= 4 is 34.0 Å². The quantitative estimate of drug-likeness (QED) is 0.420. The van der Waals surface area contributed by atoms with Crippen LogP contribution in [-0.2, 0) is 0 Å². The lowest BCUT2D eigenvalue weighted by atomic mass is 10.3. The van der Waals surface area contributed by atoms with Crippen LogP contribution in [0.25, 0.3) is 0 Å². The molecule has 0 aliphatic carbocycles. The third-order valence-electron chi connectivity index (χ3n) is 1.53. The Labute approximate surface area is 128 Å². The Bertz CT molecular complexity index is 406. The van der Waals surface area contributed by atoms with Crippen LogP contribution < -0.4 is 0 Å². The van der Waals surface area contributed by atoms with Crippen LogP contribution in [0.15, 0.2) is 60.7 Å². The SMILES string of the molecule is N=PP.N=PP.Oc1ccccc1.[H+].[OH2+]c1ccccc1. The van der Waals surface area contributed by atoms with Gasteiger partial charge in [0, 0.05) is 28.3 Å². The van der Waals surface area contributed by atoms with E-state index in [4.69, 9.17) is 20.5 Å². The molecule has 5 N–H and O–H groups in total. The topological polar surface area (TPSA) is 90.8 Å². The smallest absolute Gasteiger partial charge is 0.593 e. The summed E-state index contributed by atoms with van der Waals surface area (Å²) in [6.07, 6.45) is 0. The normalized spacial score (nSPS) is 8.10. The van der Waals surface area contributed by atoms with E-state index in [0.717, 1.165) is 0 Å². The molecule has 4 nitrogen and oxygen atoms in total. The Kier molecular flexibility index (Phi) is 19.4. The minimum Gasteiger partial charge on any atom is -0.593 e. The average molecular weight is 348 g/mol. The summed E-state index contributed by atoms with van der Waals surface area (Å²) in [7, 11) is 5.60. The maximum atomic E-state index is 8.63. The molecule has 2 aromatic carbocycles. The van der Waals surface area contributed by atoms with Crippen LogP contribution >= 0.6 is 34.0 Å². The molecule has 20 heavy (non-hydrogen) atoms. The molecule has 0 bridgehead atoms. The van der Waals surface area contributed by atoms with E-state index in [1.165, 1.54) is 0 Å². The summed E-state index contributed by atoms with van der Waals surface area (Å²) in [4.78, 5) is 0. The first-order valence-electron chi connectivity index (χ1n) is 5.26. The van der Waals surface area contributed by atoms with Gasteiger partial charge >= 0.3 is 1.43 Å². The Balaban J connectivity index is -0.000000220. The number of hydrogen-bond donors (Lipinski definition) is 3. The third-order valence-corrected chi connectivity index (χ3v) is 1.53. The molecule has 0 heterocycles. The number of aromatic hydroxyl groups is 1. The molecule has 8 heteroatoms. The van der Waals surface area contributed by atoms with Gasteiger partial charge in [0.05, 0.1) is 0 Å². The van der Waals surface area contributed by atoms with Gasteiger partial charge in [-0.25, -0.2) is 0 Å². The minimum absolute atomic E-state index is 0. The second-order valence-electron chi connectivity index (χ2n) is 2.96. The van der Waals surface area contributed by atoms with E-state index in [1.54, 1.807) is 36.4 Å². The Morgan fingerprint density at radius 1 is 0.850 bits per heavy atom. The summed E-state index contributed by atoms with van der Waals surface area (Å²) in [5, 5.41) is 27.9. The molecule has 108 valence electrons. The Hall–Kier alpha value is -0.900. The van der Waals surface area contributed by atoms with Crippen molar-refractivity contribution in [2.45, 2.75) is 0 Å². The molecule has 2 aromatic rings. The zero-order valence-corrected chi connectivity index (χ0v) is 14.9. The van der Waals surface area contributed by atoms with Gasteiger partial charge in [0.25, 0.3) is 5.75 Å². The van der Waals surface area contributed by atoms with Gasteiger partial charge in [0.2, 0.25) is 0 Å². The van der Waals surface area contributed by atoms with Gasteiger partial charge in [-0.2, -0.15) is 0 Å². The molecule has 2 rings (SSSR count). The second-order valence-corrected chi connectivity index (χ2v) is 5.03. The molecular weight excluding hydrogens is 328 g/mol. The summed E-state index contributed by atoms with van der Waals surface area (Å²) in [6, 6.07) is 17.8. The molecule has 0 radical (unpaired) electrons. The van der Waals surface area contributed by atoms with Crippen LogP contribution in [0.5, 0.6) is 11.5 Å². The predicted molar refractivity (Wildman–Crippen MR) is 97.4 cm³/mol. The highest BCUT2D eigenvalue weighted by atomic mass is 32.0. The van der Waals surface area contributed by atoms with Gasteiger partial charge < -0.3 is 10.2 Å². The van der Waals surface area contributed by atoms with Crippen LogP contribution in [0.1, 0.15) is 1.43 Å². The van der Waals surface area contributed by atoms with Gasteiger partial charge in [0.15, 0.2) is 0 Å². The van der Waals surface area contributed by atoms with Gasteiger partial charge in [0.1, 0.15) is 5.75 Å². The summed E-state index contributed by atoms with van der Waals surface area (Å²) >= 11 is 0. The standard InChI is InChI=1S/2C6H6O.2H3NP2/c2*7-6-4-2-1-3-5-6;2*1-3-2/h2*1-5,7H;2*1H,2H2/p+2. The van der Waals surface area contributed by atoms with Crippen molar-refractivity contribution in [3.8, 4) is 11.5 Å². The zero-order valence-electron chi connectivity index (χ0n) is 11.8. The van der Waals surface area contributed by atoms with E-state index >= 15 is 0 Å². The largest absolute Gasteiger partial charge is 1.00 e. The number of para-hydroxylation sites is 2. The maximum absolute atomic E-state index is 8.63. The van der Waals surface area contributed by atoms with Crippen molar-refractivity contribution in [1.82, 2.24) is 0 Å². The summed E-state index contributed by atoms with van der Waals surface area (Å²) in [6.45, 7) is 0. The number of nitrogens with one attached hydrogen (secondary N) is 2. The Morgan fingerprint density at radius 3 is 1.30 bits per heavy atom. The van der Waals surface area contributed by atoms with Crippen molar-refractivity contribution in [2.24, 2.45) is 0 Å². The zero-order chi connectivity index (χ0) is 15.6. The van der Waals surface area contributed by atoms with Crippen molar-refractivity contribution in [3.05, 3.63) is 60.7 Å². The molecule has 0 saturated heterocycles. The number of hydrogen-bond acceptors (Lipinski definition) is 3. The number of benzene rings is 2. The van der Waals surface area contributed by atoms with Crippen molar-refractivity contribution in [1.29, 1.82) is 10.3 Å². The fourth-order valence-electron chi connectivity index (χ4n) is 0.866. The molecule has 0 saturated carbocycles. The summed E-state index contributed by atoms with van der Waals surface area (Å²) < 4.78 is 0. The molecule has 0 aliphatic rings. The monoisotopic (exact) mass is 348 g/mol. The fourth-order valence-corrected chi connectivity index (χ4v) is 0.866. The van der Waals surface area contributed by atoms with Crippen molar-refractivity contribution in [2.75, 3.05) is 0 Å². The number of phenolic OH excluding ortho intramolecular Hbond substituents is 1. The third kappa shape index (κ3) is 19.4. The number of rotatable bonds is 0. The van der Waals surface area contributed by atoms with Crippen LogP contribution in [0.4, 0.5) is 0 Å².